The summed E-state index contributed by atoms with van der Waals surface area (Å²) < 4.78 is 10.3. The summed E-state index contributed by atoms with van der Waals surface area (Å²) in [4.78, 5) is 0. The van der Waals surface area contributed by atoms with Gasteiger partial charge in [0.05, 0.1) is 13.2 Å². The molecule has 0 heterocycles. The van der Waals surface area contributed by atoms with Crippen molar-refractivity contribution in [1.29, 1.82) is 0 Å². The van der Waals surface area contributed by atoms with Crippen molar-refractivity contribution in [2.24, 2.45) is 0 Å². The van der Waals surface area contributed by atoms with Crippen molar-refractivity contribution in [3.8, 4) is 0 Å². The molecule has 0 aromatic heterocycles. The lowest BCUT2D eigenvalue weighted by Crippen LogP contribution is -2.21. The van der Waals surface area contributed by atoms with Crippen LogP contribution in [0.4, 0.5) is 0 Å². The van der Waals surface area contributed by atoms with Gasteiger partial charge in [0.15, 0.2) is 0 Å². The third-order valence-corrected chi connectivity index (χ3v) is 5.22. The first-order valence-corrected chi connectivity index (χ1v) is 12.2. The molecule has 0 aliphatic rings. The Labute approximate surface area is 176 Å². The lowest BCUT2D eigenvalue weighted by molar-refractivity contribution is -0.00684. The molecule has 0 saturated heterocycles. The predicted octanol–water partition coefficient (Wildman–Crippen LogP) is 7.22. The quantitative estimate of drug-likeness (QED) is 0.146. The molecule has 0 aliphatic carbocycles. The summed E-state index contributed by atoms with van der Waals surface area (Å²) in [5.74, 6) is 0. The topological polar surface area (TPSA) is 38.7 Å². The van der Waals surface area contributed by atoms with Crippen LogP contribution in [0.1, 0.15) is 116 Å². The van der Waals surface area contributed by atoms with Crippen molar-refractivity contribution < 1.29 is 14.6 Å². The molecule has 0 fully saturated rings. The molecule has 0 saturated carbocycles. The first-order chi connectivity index (χ1) is 13.8. The van der Waals surface area contributed by atoms with Crippen LogP contribution in [0.3, 0.4) is 0 Å². The fourth-order valence-corrected chi connectivity index (χ4v) is 3.44. The molecule has 0 amide bonds. The van der Waals surface area contributed by atoms with E-state index in [0.717, 1.165) is 13.0 Å². The molecule has 0 aromatic rings. The van der Waals surface area contributed by atoms with E-state index >= 15 is 0 Å². The zero-order valence-corrected chi connectivity index (χ0v) is 19.1. The molecule has 0 radical (unpaired) electrons. The second-order valence-electron chi connectivity index (χ2n) is 8.18. The van der Waals surface area contributed by atoms with Gasteiger partial charge in [0.2, 0.25) is 0 Å². The molecule has 0 aliphatic heterocycles. The van der Waals surface area contributed by atoms with Gasteiger partial charge in [-0.25, -0.2) is 0 Å². The standard InChI is InChI=1S/C25H50O3/c1-3-4-5-6-7-8-9-10-11-12-13-14-15-16-17-18-19-20-21-22-28-24-25(26)23-27-2/h12-13,25-26H,3-11,14-24H2,1-2H3/t25-/m0/s1. The van der Waals surface area contributed by atoms with E-state index in [9.17, 15) is 5.11 Å². The minimum absolute atomic E-state index is 0.356. The molecule has 0 unspecified atom stereocenters. The van der Waals surface area contributed by atoms with Crippen molar-refractivity contribution in [1.82, 2.24) is 0 Å². The summed E-state index contributed by atoms with van der Waals surface area (Å²) in [6, 6.07) is 0. The highest BCUT2D eigenvalue weighted by Crippen LogP contribution is 2.11. The van der Waals surface area contributed by atoms with Crippen molar-refractivity contribution in [2.75, 3.05) is 26.9 Å². The van der Waals surface area contributed by atoms with Crippen LogP contribution in [0, 0.1) is 0 Å². The number of unbranched alkanes of at least 4 members (excludes halogenated alkanes) is 15. The smallest absolute Gasteiger partial charge is 0.101 e. The number of rotatable bonds is 23. The van der Waals surface area contributed by atoms with Gasteiger partial charge >= 0.3 is 0 Å². The Balaban J connectivity index is 3.10. The molecule has 0 rings (SSSR count). The lowest BCUT2D eigenvalue weighted by Gasteiger charge is -2.09. The van der Waals surface area contributed by atoms with Crippen LogP contribution in [0.25, 0.3) is 0 Å². The van der Waals surface area contributed by atoms with Crippen molar-refractivity contribution >= 4 is 0 Å². The Hall–Kier alpha value is -0.380. The number of hydrogen-bond donors (Lipinski definition) is 1. The van der Waals surface area contributed by atoms with Crippen molar-refractivity contribution in [2.45, 2.75) is 122 Å². The van der Waals surface area contributed by atoms with Crippen LogP contribution in [0.5, 0.6) is 0 Å². The summed E-state index contributed by atoms with van der Waals surface area (Å²) in [5.41, 5.74) is 0. The van der Waals surface area contributed by atoms with Crippen LogP contribution in [-0.2, 0) is 9.47 Å². The van der Waals surface area contributed by atoms with Crippen LogP contribution < -0.4 is 0 Å². The fourth-order valence-electron chi connectivity index (χ4n) is 3.44. The molecular formula is C25H50O3. The zero-order valence-electron chi connectivity index (χ0n) is 19.1. The molecule has 0 bridgehead atoms. The minimum atomic E-state index is -0.487. The van der Waals surface area contributed by atoms with E-state index in [1.807, 2.05) is 0 Å². The molecule has 3 nitrogen and oxygen atoms in total. The summed E-state index contributed by atoms with van der Waals surface area (Å²) in [5, 5.41) is 9.45. The first-order valence-electron chi connectivity index (χ1n) is 12.2. The molecule has 1 atom stereocenters. The molecule has 168 valence electrons. The molecule has 3 heteroatoms. The first kappa shape index (κ1) is 27.6. The number of aliphatic hydroxyl groups excluding tert-OH is 1. The van der Waals surface area contributed by atoms with Gasteiger partial charge in [-0.15, -0.1) is 0 Å². The maximum absolute atomic E-state index is 9.45. The molecule has 0 aromatic carbocycles. The number of allylic oxidation sites excluding steroid dienone is 2. The van der Waals surface area contributed by atoms with E-state index in [-0.39, 0.29) is 0 Å². The number of aliphatic hydroxyl groups is 1. The maximum atomic E-state index is 9.45. The fraction of sp³-hybridized carbons (Fsp3) is 0.920. The second kappa shape index (κ2) is 24.7. The van der Waals surface area contributed by atoms with Gasteiger partial charge in [0.25, 0.3) is 0 Å². The lowest BCUT2D eigenvalue weighted by atomic mass is 10.1. The highest BCUT2D eigenvalue weighted by molar-refractivity contribution is 4.81. The molecule has 28 heavy (non-hydrogen) atoms. The Morgan fingerprint density at radius 2 is 1.11 bits per heavy atom. The number of hydrogen-bond acceptors (Lipinski definition) is 3. The highest BCUT2D eigenvalue weighted by atomic mass is 16.5. The van der Waals surface area contributed by atoms with Crippen molar-refractivity contribution in [3.05, 3.63) is 12.2 Å². The average Bonchev–Trinajstić information content (AvgIpc) is 2.69. The predicted molar refractivity (Wildman–Crippen MR) is 122 cm³/mol. The summed E-state index contributed by atoms with van der Waals surface area (Å²) in [6.45, 7) is 3.78. The SMILES string of the molecule is CCCCCCCCCCC=CCCCCCCCCCOC[C@@H](O)COC. The van der Waals surface area contributed by atoms with Gasteiger partial charge < -0.3 is 14.6 Å². The van der Waals surface area contributed by atoms with E-state index < -0.39 is 6.10 Å². The van der Waals surface area contributed by atoms with Crippen LogP contribution in [-0.4, -0.2) is 38.1 Å². The Morgan fingerprint density at radius 1 is 0.643 bits per heavy atom. The van der Waals surface area contributed by atoms with Crippen LogP contribution in [0.2, 0.25) is 0 Å². The number of methoxy groups -OCH3 is 1. The van der Waals surface area contributed by atoms with E-state index in [1.54, 1.807) is 7.11 Å². The summed E-state index contributed by atoms with van der Waals surface area (Å²) >= 11 is 0. The van der Waals surface area contributed by atoms with E-state index in [4.69, 9.17) is 9.47 Å². The van der Waals surface area contributed by atoms with E-state index in [0.29, 0.717) is 13.2 Å². The van der Waals surface area contributed by atoms with Gasteiger partial charge in [-0.2, -0.15) is 0 Å². The minimum Gasteiger partial charge on any atom is -0.388 e. The van der Waals surface area contributed by atoms with Crippen molar-refractivity contribution in [3.63, 3.8) is 0 Å². The Kier molecular flexibility index (Phi) is 24.3. The normalized spacial score (nSPS) is 12.8. The monoisotopic (exact) mass is 398 g/mol. The van der Waals surface area contributed by atoms with Gasteiger partial charge in [0, 0.05) is 13.7 Å². The van der Waals surface area contributed by atoms with Gasteiger partial charge in [-0.1, -0.05) is 96.1 Å². The molecule has 0 spiro atoms. The second-order valence-corrected chi connectivity index (χ2v) is 8.18. The Morgan fingerprint density at radius 3 is 1.61 bits per heavy atom. The summed E-state index contributed by atoms with van der Waals surface area (Å²) in [7, 11) is 1.59. The van der Waals surface area contributed by atoms with Crippen LogP contribution in [0.15, 0.2) is 12.2 Å². The van der Waals surface area contributed by atoms with Gasteiger partial charge in [0.1, 0.15) is 6.10 Å². The maximum Gasteiger partial charge on any atom is 0.101 e. The zero-order chi connectivity index (χ0) is 20.5. The average molecular weight is 399 g/mol. The van der Waals surface area contributed by atoms with E-state index in [1.165, 1.54) is 103 Å². The third kappa shape index (κ3) is 23.7. The Bertz CT molecular complexity index is 304. The largest absolute Gasteiger partial charge is 0.388 e. The number of ether oxygens (including phenoxy) is 2. The highest BCUT2D eigenvalue weighted by Gasteiger charge is 2.02. The molecule has 1 N–H and O–H groups in total. The van der Waals surface area contributed by atoms with Gasteiger partial charge in [-0.3, -0.25) is 0 Å². The third-order valence-electron chi connectivity index (χ3n) is 5.22. The molecular weight excluding hydrogens is 348 g/mol. The van der Waals surface area contributed by atoms with Gasteiger partial charge in [-0.05, 0) is 32.1 Å². The van der Waals surface area contributed by atoms with E-state index in [2.05, 4.69) is 19.1 Å². The van der Waals surface area contributed by atoms with Crippen LogP contribution >= 0.6 is 0 Å². The summed E-state index contributed by atoms with van der Waals surface area (Å²) in [6.07, 6.45) is 27.2.